The first-order valence-corrected chi connectivity index (χ1v) is 10.5. The van der Waals surface area contributed by atoms with Crippen molar-refractivity contribution in [1.82, 2.24) is 25.5 Å². The fourth-order valence-electron chi connectivity index (χ4n) is 3.42. The topological polar surface area (TPSA) is 88.1 Å². The van der Waals surface area contributed by atoms with Crippen molar-refractivity contribution in [3.63, 3.8) is 0 Å². The average Bonchev–Trinajstić information content (AvgIpc) is 3.07. The SMILES string of the molecule is CCCC(NC(=O)NCc1ccc(F)cc1)C(=O)NCCc1nc2cc(F)ccc2n1C. The van der Waals surface area contributed by atoms with E-state index in [9.17, 15) is 18.4 Å². The Hall–Kier alpha value is -3.49. The molecule has 0 radical (unpaired) electrons. The second-order valence-electron chi connectivity index (χ2n) is 7.56. The summed E-state index contributed by atoms with van der Waals surface area (Å²) >= 11 is 0. The molecule has 1 heterocycles. The van der Waals surface area contributed by atoms with Crippen LogP contribution in [-0.2, 0) is 24.8 Å². The summed E-state index contributed by atoms with van der Waals surface area (Å²) in [5.41, 5.74) is 2.13. The van der Waals surface area contributed by atoms with E-state index in [4.69, 9.17) is 0 Å². The van der Waals surface area contributed by atoms with Crippen molar-refractivity contribution in [2.24, 2.45) is 7.05 Å². The molecule has 1 atom stereocenters. The van der Waals surface area contributed by atoms with E-state index in [2.05, 4.69) is 20.9 Å². The van der Waals surface area contributed by atoms with Crippen LogP contribution in [0.5, 0.6) is 0 Å². The number of aryl methyl sites for hydroxylation is 1. The summed E-state index contributed by atoms with van der Waals surface area (Å²) in [7, 11) is 1.84. The predicted octanol–water partition coefficient (Wildman–Crippen LogP) is 3.18. The zero-order chi connectivity index (χ0) is 23.1. The zero-order valence-corrected chi connectivity index (χ0v) is 18.1. The van der Waals surface area contributed by atoms with Crippen LogP contribution in [0.25, 0.3) is 11.0 Å². The number of carbonyl (C=O) groups is 2. The van der Waals surface area contributed by atoms with Gasteiger partial charge in [-0.2, -0.15) is 0 Å². The number of hydrogen-bond acceptors (Lipinski definition) is 3. The Bertz CT molecular complexity index is 1080. The van der Waals surface area contributed by atoms with E-state index in [0.717, 1.165) is 16.9 Å². The Morgan fingerprint density at radius 1 is 1.06 bits per heavy atom. The van der Waals surface area contributed by atoms with Crippen LogP contribution in [0.1, 0.15) is 31.2 Å². The van der Waals surface area contributed by atoms with Crippen molar-refractivity contribution in [3.05, 3.63) is 65.5 Å². The summed E-state index contributed by atoms with van der Waals surface area (Å²) < 4.78 is 28.2. The summed E-state index contributed by atoms with van der Waals surface area (Å²) in [6.07, 6.45) is 1.67. The molecule has 0 aliphatic rings. The molecule has 170 valence electrons. The number of amides is 3. The van der Waals surface area contributed by atoms with E-state index in [-0.39, 0.29) is 24.1 Å². The fourth-order valence-corrected chi connectivity index (χ4v) is 3.42. The van der Waals surface area contributed by atoms with Crippen LogP contribution in [0.3, 0.4) is 0 Å². The van der Waals surface area contributed by atoms with E-state index >= 15 is 0 Å². The number of nitrogens with zero attached hydrogens (tertiary/aromatic N) is 2. The van der Waals surface area contributed by atoms with E-state index in [1.807, 2.05) is 18.5 Å². The highest BCUT2D eigenvalue weighted by atomic mass is 19.1. The lowest BCUT2D eigenvalue weighted by Gasteiger charge is -2.18. The normalized spacial score (nSPS) is 11.9. The maximum atomic E-state index is 13.4. The van der Waals surface area contributed by atoms with Gasteiger partial charge in [-0.3, -0.25) is 4.79 Å². The number of halogens is 2. The Morgan fingerprint density at radius 2 is 1.78 bits per heavy atom. The van der Waals surface area contributed by atoms with Crippen LogP contribution in [-0.4, -0.2) is 34.1 Å². The Labute approximate surface area is 185 Å². The number of imidazole rings is 1. The summed E-state index contributed by atoms with van der Waals surface area (Å²) in [6, 6.07) is 9.10. The van der Waals surface area contributed by atoms with Gasteiger partial charge < -0.3 is 20.5 Å². The number of benzene rings is 2. The molecule has 0 aliphatic carbocycles. The van der Waals surface area contributed by atoms with Crippen LogP contribution in [0.2, 0.25) is 0 Å². The first-order chi connectivity index (χ1) is 15.4. The molecule has 2 aromatic carbocycles. The first-order valence-electron chi connectivity index (χ1n) is 10.5. The van der Waals surface area contributed by atoms with Crippen LogP contribution in [0.4, 0.5) is 13.6 Å². The number of rotatable bonds is 9. The maximum Gasteiger partial charge on any atom is 0.315 e. The van der Waals surface area contributed by atoms with Crippen molar-refractivity contribution in [1.29, 1.82) is 0 Å². The monoisotopic (exact) mass is 443 g/mol. The van der Waals surface area contributed by atoms with Crippen LogP contribution in [0.15, 0.2) is 42.5 Å². The third-order valence-corrected chi connectivity index (χ3v) is 5.15. The lowest BCUT2D eigenvalue weighted by atomic mass is 10.1. The predicted molar refractivity (Wildman–Crippen MR) is 118 cm³/mol. The molecule has 32 heavy (non-hydrogen) atoms. The van der Waals surface area contributed by atoms with Gasteiger partial charge in [0, 0.05) is 32.6 Å². The van der Waals surface area contributed by atoms with Gasteiger partial charge in [0.05, 0.1) is 11.0 Å². The molecule has 0 aliphatic heterocycles. The quantitative estimate of drug-likeness (QED) is 0.475. The second-order valence-corrected chi connectivity index (χ2v) is 7.56. The molecule has 3 N–H and O–H groups in total. The van der Waals surface area contributed by atoms with Crippen molar-refractivity contribution in [3.8, 4) is 0 Å². The van der Waals surface area contributed by atoms with Gasteiger partial charge in [-0.05, 0) is 36.2 Å². The molecule has 3 amide bonds. The second kappa shape index (κ2) is 10.7. The van der Waals surface area contributed by atoms with Gasteiger partial charge in [-0.1, -0.05) is 25.5 Å². The van der Waals surface area contributed by atoms with Gasteiger partial charge in [0.1, 0.15) is 23.5 Å². The van der Waals surface area contributed by atoms with Gasteiger partial charge in [-0.15, -0.1) is 0 Å². The highest BCUT2D eigenvalue weighted by Crippen LogP contribution is 2.16. The van der Waals surface area contributed by atoms with Gasteiger partial charge in [0.2, 0.25) is 5.91 Å². The summed E-state index contributed by atoms with van der Waals surface area (Å²) in [4.78, 5) is 29.2. The van der Waals surface area contributed by atoms with Gasteiger partial charge in [-0.25, -0.2) is 18.6 Å². The molecular formula is C23H27F2N5O2. The number of hydrogen-bond donors (Lipinski definition) is 3. The van der Waals surface area contributed by atoms with Gasteiger partial charge >= 0.3 is 6.03 Å². The third-order valence-electron chi connectivity index (χ3n) is 5.15. The Morgan fingerprint density at radius 3 is 2.50 bits per heavy atom. The minimum atomic E-state index is -0.678. The van der Waals surface area contributed by atoms with Crippen molar-refractivity contribution >= 4 is 23.0 Å². The molecular weight excluding hydrogens is 416 g/mol. The van der Waals surface area contributed by atoms with E-state index in [1.54, 1.807) is 18.2 Å². The van der Waals surface area contributed by atoms with Crippen molar-refractivity contribution in [2.75, 3.05) is 6.54 Å². The smallest absolute Gasteiger partial charge is 0.315 e. The highest BCUT2D eigenvalue weighted by Gasteiger charge is 2.20. The van der Waals surface area contributed by atoms with Crippen molar-refractivity contribution in [2.45, 2.75) is 38.8 Å². The minimum absolute atomic E-state index is 0.222. The average molecular weight is 443 g/mol. The fraction of sp³-hybridized carbons (Fsp3) is 0.348. The number of fused-ring (bicyclic) bond motifs is 1. The minimum Gasteiger partial charge on any atom is -0.354 e. The zero-order valence-electron chi connectivity index (χ0n) is 18.1. The van der Waals surface area contributed by atoms with Gasteiger partial charge in [0.25, 0.3) is 0 Å². The van der Waals surface area contributed by atoms with E-state index in [0.29, 0.717) is 31.3 Å². The van der Waals surface area contributed by atoms with Crippen molar-refractivity contribution < 1.29 is 18.4 Å². The molecule has 1 aromatic heterocycles. The van der Waals surface area contributed by atoms with Crippen LogP contribution >= 0.6 is 0 Å². The molecule has 3 rings (SSSR count). The van der Waals surface area contributed by atoms with Crippen LogP contribution < -0.4 is 16.0 Å². The summed E-state index contributed by atoms with van der Waals surface area (Å²) in [5, 5.41) is 8.20. The molecule has 0 spiro atoms. The molecule has 0 saturated carbocycles. The number of carbonyl (C=O) groups excluding carboxylic acids is 2. The first kappa shape index (κ1) is 23.2. The third kappa shape index (κ3) is 6.03. The largest absolute Gasteiger partial charge is 0.354 e. The molecule has 1 unspecified atom stereocenters. The summed E-state index contributed by atoms with van der Waals surface area (Å²) in [6.45, 7) is 2.48. The Balaban J connectivity index is 1.50. The molecule has 0 fully saturated rings. The van der Waals surface area contributed by atoms with Crippen LogP contribution in [0, 0.1) is 11.6 Å². The van der Waals surface area contributed by atoms with Gasteiger partial charge in [0.15, 0.2) is 0 Å². The molecule has 9 heteroatoms. The lowest BCUT2D eigenvalue weighted by Crippen LogP contribution is -2.50. The highest BCUT2D eigenvalue weighted by molar-refractivity contribution is 5.87. The molecule has 7 nitrogen and oxygen atoms in total. The number of nitrogens with one attached hydrogen (secondary N) is 3. The maximum absolute atomic E-state index is 13.4. The van der Waals surface area contributed by atoms with E-state index < -0.39 is 12.1 Å². The Kier molecular flexibility index (Phi) is 7.75. The standard InChI is InChI=1S/C23H27F2N5O2/c1-3-4-18(29-23(32)27-14-15-5-7-16(24)8-6-15)22(31)26-12-11-21-28-19-13-17(25)9-10-20(19)30(21)2/h5-10,13,18H,3-4,11-12,14H2,1-2H3,(H,26,31)(H2,27,29,32). The lowest BCUT2D eigenvalue weighted by molar-refractivity contribution is -0.123. The summed E-state index contributed by atoms with van der Waals surface area (Å²) in [5.74, 6) is -0.248. The molecule has 0 bridgehead atoms. The molecule has 3 aromatic rings. The number of aromatic nitrogens is 2. The number of urea groups is 1. The van der Waals surface area contributed by atoms with E-state index in [1.165, 1.54) is 24.3 Å². The molecule has 0 saturated heterocycles.